The van der Waals surface area contributed by atoms with E-state index in [9.17, 15) is 0 Å². The molecule has 1 unspecified atom stereocenters. The molecule has 0 aromatic carbocycles. The van der Waals surface area contributed by atoms with Gasteiger partial charge in [0.15, 0.2) is 0 Å². The molecule has 0 fully saturated rings. The van der Waals surface area contributed by atoms with Crippen LogP contribution in [0, 0.1) is 0 Å². The van der Waals surface area contributed by atoms with Gasteiger partial charge in [0.2, 0.25) is 0 Å². The zero-order chi connectivity index (χ0) is 6.91. The van der Waals surface area contributed by atoms with Crippen LogP contribution in [0.2, 0.25) is 0 Å². The fourth-order valence-corrected chi connectivity index (χ4v) is 0.813. The molecule has 0 radical (unpaired) electrons. The molecule has 3 N–H and O–H groups in total. The van der Waals surface area contributed by atoms with Crippen LogP contribution in [0.4, 0.5) is 0 Å². The third-order valence-corrected chi connectivity index (χ3v) is 1.15. The van der Waals surface area contributed by atoms with E-state index in [0.29, 0.717) is 0 Å². The van der Waals surface area contributed by atoms with Gasteiger partial charge in [-0.25, -0.2) is 4.99 Å². The first kappa shape index (κ1) is 6.58. The van der Waals surface area contributed by atoms with Crippen LogP contribution in [-0.4, -0.2) is 11.5 Å². The second-order valence-corrected chi connectivity index (χ2v) is 2.50. The number of halogens is 1. The van der Waals surface area contributed by atoms with Crippen LogP contribution in [0.3, 0.4) is 0 Å². The standard InChI is InChI=1S/C5H8ClN3/c1-4-2-3-8-5(6,7)9-4/h2-3,9H,7H2,1H3. The smallest absolute Gasteiger partial charge is 0.262 e. The van der Waals surface area contributed by atoms with Gasteiger partial charge in [-0.05, 0) is 13.0 Å². The Bertz CT molecular complexity index is 171. The molecular formula is C5H8ClN3. The van der Waals surface area contributed by atoms with E-state index in [2.05, 4.69) is 10.3 Å². The van der Waals surface area contributed by atoms with Gasteiger partial charge in [0.05, 0.1) is 0 Å². The lowest BCUT2D eigenvalue weighted by Crippen LogP contribution is -2.46. The van der Waals surface area contributed by atoms with E-state index in [4.69, 9.17) is 17.3 Å². The Labute approximate surface area is 58.6 Å². The summed E-state index contributed by atoms with van der Waals surface area (Å²) in [5.41, 5.74) is 6.30. The van der Waals surface area contributed by atoms with Gasteiger partial charge in [0, 0.05) is 11.9 Å². The van der Waals surface area contributed by atoms with Crippen molar-refractivity contribution < 1.29 is 0 Å². The number of nitrogens with two attached hydrogens (primary N) is 1. The van der Waals surface area contributed by atoms with Crippen molar-refractivity contribution in [1.82, 2.24) is 5.32 Å². The average Bonchev–Trinajstić information content (AvgIpc) is 1.60. The van der Waals surface area contributed by atoms with E-state index in [0.717, 1.165) is 5.70 Å². The van der Waals surface area contributed by atoms with Gasteiger partial charge in [-0.15, -0.1) is 0 Å². The van der Waals surface area contributed by atoms with Crippen molar-refractivity contribution in [1.29, 1.82) is 0 Å². The Morgan fingerprint density at radius 3 is 2.89 bits per heavy atom. The Kier molecular flexibility index (Phi) is 1.47. The number of nitrogens with one attached hydrogen (secondary N) is 1. The van der Waals surface area contributed by atoms with Crippen molar-refractivity contribution in [2.75, 3.05) is 0 Å². The van der Waals surface area contributed by atoms with Crippen LogP contribution in [0.1, 0.15) is 6.92 Å². The van der Waals surface area contributed by atoms with Crippen LogP contribution >= 0.6 is 11.6 Å². The lowest BCUT2D eigenvalue weighted by molar-refractivity contribution is 0.542. The molecule has 1 aliphatic rings. The summed E-state index contributed by atoms with van der Waals surface area (Å²) in [5.74, 6) is 0. The van der Waals surface area contributed by atoms with Crippen molar-refractivity contribution in [2.45, 2.75) is 12.2 Å². The predicted molar refractivity (Wildman–Crippen MR) is 38.2 cm³/mol. The van der Waals surface area contributed by atoms with Crippen LogP contribution < -0.4 is 11.1 Å². The minimum Gasteiger partial charge on any atom is -0.340 e. The zero-order valence-corrected chi connectivity index (χ0v) is 5.81. The van der Waals surface area contributed by atoms with Gasteiger partial charge in [0.1, 0.15) is 0 Å². The summed E-state index contributed by atoms with van der Waals surface area (Å²) in [6.45, 7) is 1.87. The highest BCUT2D eigenvalue weighted by atomic mass is 35.5. The Hall–Kier alpha value is -0.540. The maximum Gasteiger partial charge on any atom is 0.262 e. The van der Waals surface area contributed by atoms with Crippen molar-refractivity contribution in [3.05, 3.63) is 11.8 Å². The SMILES string of the molecule is CC1=CC=NC(N)(Cl)N1. The number of allylic oxidation sites excluding steroid dienone is 2. The van der Waals surface area contributed by atoms with E-state index in [1.54, 1.807) is 12.3 Å². The number of hydrogen-bond donors (Lipinski definition) is 2. The summed E-state index contributed by atoms with van der Waals surface area (Å²) in [6.07, 6.45) is 3.38. The molecule has 0 bridgehead atoms. The first-order chi connectivity index (χ1) is 4.10. The highest BCUT2D eigenvalue weighted by Crippen LogP contribution is 2.09. The van der Waals surface area contributed by atoms with E-state index in [1.807, 2.05) is 6.92 Å². The maximum absolute atomic E-state index is 5.59. The molecular weight excluding hydrogens is 138 g/mol. The molecule has 1 atom stereocenters. The Morgan fingerprint density at radius 2 is 2.56 bits per heavy atom. The lowest BCUT2D eigenvalue weighted by atomic mass is 10.4. The van der Waals surface area contributed by atoms with Crippen LogP contribution in [0.15, 0.2) is 16.8 Å². The van der Waals surface area contributed by atoms with Gasteiger partial charge in [-0.2, -0.15) is 0 Å². The second-order valence-electron chi connectivity index (χ2n) is 1.93. The molecule has 0 spiro atoms. The number of hydrogen-bond acceptors (Lipinski definition) is 3. The highest BCUT2D eigenvalue weighted by molar-refractivity contribution is 6.23. The topological polar surface area (TPSA) is 50.4 Å². The van der Waals surface area contributed by atoms with E-state index in [-0.39, 0.29) is 0 Å². The predicted octanol–water partition coefficient (Wildman–Crippen LogP) is 0.373. The van der Waals surface area contributed by atoms with E-state index < -0.39 is 5.25 Å². The van der Waals surface area contributed by atoms with E-state index in [1.165, 1.54) is 0 Å². The minimum absolute atomic E-state index is 0.919. The first-order valence-corrected chi connectivity index (χ1v) is 2.96. The fraction of sp³-hybridized carbons (Fsp3) is 0.400. The van der Waals surface area contributed by atoms with Crippen molar-refractivity contribution in [2.24, 2.45) is 10.7 Å². The van der Waals surface area contributed by atoms with Gasteiger partial charge >= 0.3 is 0 Å². The molecule has 0 amide bonds. The molecule has 0 aromatic heterocycles. The third-order valence-electron chi connectivity index (χ3n) is 0.959. The van der Waals surface area contributed by atoms with Gasteiger partial charge in [-0.1, -0.05) is 11.6 Å². The zero-order valence-electron chi connectivity index (χ0n) is 5.06. The molecule has 1 aliphatic heterocycles. The molecule has 0 saturated carbocycles. The monoisotopic (exact) mass is 145 g/mol. The summed E-state index contributed by atoms with van der Waals surface area (Å²) < 4.78 is 0. The largest absolute Gasteiger partial charge is 0.340 e. The van der Waals surface area contributed by atoms with Crippen LogP contribution in [0.25, 0.3) is 0 Å². The molecule has 0 aliphatic carbocycles. The summed E-state index contributed by atoms with van der Waals surface area (Å²) in [5, 5.41) is 1.64. The lowest BCUT2D eigenvalue weighted by Gasteiger charge is -2.22. The van der Waals surface area contributed by atoms with Gasteiger partial charge in [-0.3, -0.25) is 5.73 Å². The molecule has 1 heterocycles. The van der Waals surface area contributed by atoms with Crippen molar-refractivity contribution >= 4 is 17.8 Å². The summed E-state index contributed by atoms with van der Waals surface area (Å²) in [4.78, 5) is 3.74. The normalized spacial score (nSPS) is 33.4. The maximum atomic E-state index is 5.59. The van der Waals surface area contributed by atoms with Crippen LogP contribution in [-0.2, 0) is 0 Å². The number of nitrogens with zero attached hydrogens (tertiary/aromatic N) is 1. The molecule has 9 heavy (non-hydrogen) atoms. The Morgan fingerprint density at radius 1 is 1.89 bits per heavy atom. The second kappa shape index (κ2) is 2.01. The molecule has 1 rings (SSSR count). The summed E-state index contributed by atoms with van der Waals surface area (Å²) in [7, 11) is 0. The van der Waals surface area contributed by atoms with Crippen LogP contribution in [0.5, 0.6) is 0 Å². The van der Waals surface area contributed by atoms with Crippen molar-refractivity contribution in [3.63, 3.8) is 0 Å². The van der Waals surface area contributed by atoms with Crippen molar-refractivity contribution in [3.8, 4) is 0 Å². The quantitative estimate of drug-likeness (QED) is 0.382. The molecule has 50 valence electrons. The third kappa shape index (κ3) is 1.69. The fourth-order valence-electron chi connectivity index (χ4n) is 0.608. The minimum atomic E-state index is -1.13. The number of aliphatic imine (C=N–C) groups is 1. The molecule has 0 saturated heterocycles. The molecule has 3 nitrogen and oxygen atoms in total. The Balaban J connectivity index is 2.73. The first-order valence-electron chi connectivity index (χ1n) is 2.58. The summed E-state index contributed by atoms with van der Waals surface area (Å²) in [6, 6.07) is 0. The average molecular weight is 146 g/mol. The van der Waals surface area contributed by atoms with E-state index >= 15 is 0 Å². The van der Waals surface area contributed by atoms with Gasteiger partial charge < -0.3 is 5.32 Å². The molecule has 0 aromatic rings. The number of alkyl halides is 1. The molecule has 4 heteroatoms. The summed E-state index contributed by atoms with van der Waals surface area (Å²) >= 11 is 5.59. The van der Waals surface area contributed by atoms with Gasteiger partial charge in [0.25, 0.3) is 5.25 Å². The highest BCUT2D eigenvalue weighted by Gasteiger charge is 2.19. The number of rotatable bonds is 0.